The van der Waals surface area contributed by atoms with Crippen molar-refractivity contribution in [2.24, 2.45) is 0 Å². The zero-order chi connectivity index (χ0) is 22.6. The third-order valence-electron chi connectivity index (χ3n) is 7.95. The number of fused-ring (bicyclic) bond motifs is 10. The second-order valence-corrected chi connectivity index (χ2v) is 12.2. The Balaban J connectivity index is 1.45. The van der Waals surface area contributed by atoms with Gasteiger partial charge in [-0.15, -0.1) is 0 Å². The van der Waals surface area contributed by atoms with Crippen LogP contribution in [0.2, 0.25) is 0 Å². The Bertz CT molecular complexity index is 1700. The van der Waals surface area contributed by atoms with Crippen molar-refractivity contribution in [1.29, 1.82) is 0 Å². The lowest BCUT2D eigenvalue weighted by atomic mass is 9.36. The Kier molecular flexibility index (Phi) is 3.78. The minimum atomic E-state index is -0.0536. The van der Waals surface area contributed by atoms with Gasteiger partial charge in [0.2, 0.25) is 6.71 Å². The lowest BCUT2D eigenvalue weighted by molar-refractivity contribution is 0.653. The van der Waals surface area contributed by atoms with Crippen LogP contribution in [0.25, 0.3) is 21.9 Å². The van der Waals surface area contributed by atoms with Gasteiger partial charge in [-0.2, -0.15) is 0 Å². The highest BCUT2D eigenvalue weighted by Gasteiger charge is 2.44. The molecule has 160 valence electrons. The molecule has 0 bridgehead atoms. The Labute approximate surface area is 208 Å². The number of benzene rings is 5. The van der Waals surface area contributed by atoms with Gasteiger partial charge in [0.05, 0.1) is 0 Å². The van der Waals surface area contributed by atoms with Gasteiger partial charge >= 0.3 is 0 Å². The first-order valence-corrected chi connectivity index (χ1v) is 13.5. The Hall–Kier alpha value is -2.88. The van der Waals surface area contributed by atoms with Crippen molar-refractivity contribution < 1.29 is 0 Å². The van der Waals surface area contributed by atoms with Crippen LogP contribution in [0.15, 0.2) is 111 Å². The molecule has 0 unspecified atom stereocenters. The van der Waals surface area contributed by atoms with Gasteiger partial charge in [0.15, 0.2) is 0 Å². The Morgan fingerprint density at radius 3 is 2.21 bits per heavy atom. The van der Waals surface area contributed by atoms with E-state index in [4.69, 9.17) is 0 Å². The van der Waals surface area contributed by atoms with Crippen molar-refractivity contribution in [3.8, 4) is 11.1 Å². The molecular formula is C31H21BS2. The van der Waals surface area contributed by atoms with Crippen LogP contribution in [0.1, 0.15) is 25.0 Å². The van der Waals surface area contributed by atoms with E-state index in [2.05, 4.69) is 105 Å². The molecule has 2 aliphatic heterocycles. The van der Waals surface area contributed by atoms with E-state index in [1.54, 1.807) is 0 Å². The third-order valence-corrected chi connectivity index (χ3v) is 10.3. The normalized spacial score (nSPS) is 15.9. The van der Waals surface area contributed by atoms with Gasteiger partial charge in [0, 0.05) is 25.0 Å². The second-order valence-electron chi connectivity index (χ2n) is 10.1. The van der Waals surface area contributed by atoms with E-state index in [-0.39, 0.29) is 5.41 Å². The quantitative estimate of drug-likeness (QED) is 0.230. The van der Waals surface area contributed by atoms with Crippen molar-refractivity contribution in [1.82, 2.24) is 0 Å². The van der Waals surface area contributed by atoms with Crippen LogP contribution in [-0.2, 0) is 5.41 Å². The molecule has 5 aromatic rings. The molecule has 0 fully saturated rings. The van der Waals surface area contributed by atoms with Crippen LogP contribution in [0.3, 0.4) is 0 Å². The molecule has 0 saturated carbocycles. The summed E-state index contributed by atoms with van der Waals surface area (Å²) in [6.07, 6.45) is 0. The highest BCUT2D eigenvalue weighted by molar-refractivity contribution is 8.01. The van der Waals surface area contributed by atoms with Gasteiger partial charge in [0.1, 0.15) is 0 Å². The van der Waals surface area contributed by atoms with Gasteiger partial charge in [0.25, 0.3) is 0 Å². The maximum absolute atomic E-state index is 2.43. The largest absolute Gasteiger partial charge is 0.247 e. The van der Waals surface area contributed by atoms with Gasteiger partial charge in [-0.25, -0.2) is 0 Å². The van der Waals surface area contributed by atoms with Crippen LogP contribution in [0.4, 0.5) is 0 Å². The molecule has 0 amide bonds. The van der Waals surface area contributed by atoms with E-state index in [0.29, 0.717) is 6.71 Å². The lowest BCUT2D eigenvalue weighted by Crippen LogP contribution is -2.58. The predicted octanol–water partition coefficient (Wildman–Crippen LogP) is 6.59. The van der Waals surface area contributed by atoms with Crippen molar-refractivity contribution in [2.75, 3.05) is 0 Å². The van der Waals surface area contributed by atoms with Crippen LogP contribution < -0.4 is 16.4 Å². The summed E-state index contributed by atoms with van der Waals surface area (Å²) < 4.78 is 0. The summed E-state index contributed by atoms with van der Waals surface area (Å²) in [5, 5.41) is 2.72. The molecule has 0 atom stereocenters. The van der Waals surface area contributed by atoms with Crippen molar-refractivity contribution in [3.05, 3.63) is 102 Å². The molecule has 1 aliphatic carbocycles. The summed E-state index contributed by atoms with van der Waals surface area (Å²) in [4.78, 5) is 5.69. The average molecular weight is 468 g/mol. The monoisotopic (exact) mass is 468 g/mol. The average Bonchev–Trinajstić information content (AvgIpc) is 3.11. The van der Waals surface area contributed by atoms with Crippen LogP contribution >= 0.6 is 23.5 Å². The van der Waals surface area contributed by atoms with Gasteiger partial charge < -0.3 is 0 Å². The number of hydrogen-bond donors (Lipinski definition) is 0. The summed E-state index contributed by atoms with van der Waals surface area (Å²) >= 11 is 3.92. The minimum Gasteiger partial charge on any atom is -0.0911 e. The molecule has 3 aliphatic rings. The zero-order valence-electron chi connectivity index (χ0n) is 19.1. The van der Waals surface area contributed by atoms with E-state index in [1.165, 1.54) is 69.0 Å². The summed E-state index contributed by atoms with van der Waals surface area (Å²) in [7, 11) is 0. The Morgan fingerprint density at radius 2 is 1.29 bits per heavy atom. The SMILES string of the molecule is CC1(C)c2c(ccc3c2Sc2cccc4c2B3c2ccccc2S4)-c2ccc3ccccc3c21. The van der Waals surface area contributed by atoms with Gasteiger partial charge in [-0.1, -0.05) is 121 Å². The fourth-order valence-corrected chi connectivity index (χ4v) is 9.29. The standard InChI is InChI=1S/C31H21BS2/c1-31(2)27-19-9-4-3-8-18(19)14-15-20(27)21-16-17-23-30(28(21)31)34-26-13-7-12-25-29(26)32(23)22-10-5-6-11-24(22)33-25/h3-17H,1-2H3. The van der Waals surface area contributed by atoms with Crippen LogP contribution in [0.5, 0.6) is 0 Å². The van der Waals surface area contributed by atoms with Crippen molar-refractivity contribution in [2.45, 2.75) is 38.8 Å². The van der Waals surface area contributed by atoms with E-state index in [1.807, 2.05) is 23.5 Å². The lowest BCUT2D eigenvalue weighted by Gasteiger charge is -2.35. The van der Waals surface area contributed by atoms with Crippen molar-refractivity contribution in [3.63, 3.8) is 0 Å². The molecule has 3 heteroatoms. The first kappa shape index (κ1) is 19.4. The number of rotatable bonds is 0. The van der Waals surface area contributed by atoms with Crippen LogP contribution in [0, 0.1) is 0 Å². The molecule has 0 nitrogen and oxygen atoms in total. The molecule has 8 rings (SSSR count). The fourth-order valence-electron chi connectivity index (χ4n) is 6.58. The predicted molar refractivity (Wildman–Crippen MR) is 147 cm³/mol. The highest BCUT2D eigenvalue weighted by atomic mass is 32.2. The molecule has 34 heavy (non-hydrogen) atoms. The first-order valence-electron chi connectivity index (χ1n) is 11.9. The zero-order valence-corrected chi connectivity index (χ0v) is 20.7. The second kappa shape index (κ2) is 6.62. The van der Waals surface area contributed by atoms with E-state index in [0.717, 1.165) is 0 Å². The summed E-state index contributed by atoms with van der Waals surface area (Å²) in [6.45, 7) is 5.17. The van der Waals surface area contributed by atoms with Gasteiger partial charge in [-0.05, 0) is 56.7 Å². The summed E-state index contributed by atoms with van der Waals surface area (Å²) in [5.41, 5.74) is 10.2. The molecule has 0 saturated heterocycles. The van der Waals surface area contributed by atoms with E-state index in [9.17, 15) is 0 Å². The van der Waals surface area contributed by atoms with Gasteiger partial charge in [-0.3, -0.25) is 0 Å². The summed E-state index contributed by atoms with van der Waals surface area (Å²) in [6, 6.07) is 34.2. The maximum Gasteiger partial charge on any atom is 0.247 e. The molecule has 0 N–H and O–H groups in total. The number of hydrogen-bond acceptors (Lipinski definition) is 2. The topological polar surface area (TPSA) is 0 Å². The third kappa shape index (κ3) is 2.34. The molecule has 0 spiro atoms. The minimum absolute atomic E-state index is 0.0536. The fraction of sp³-hybridized carbons (Fsp3) is 0.0968. The smallest absolute Gasteiger partial charge is 0.0911 e. The molecular weight excluding hydrogens is 447 g/mol. The van der Waals surface area contributed by atoms with Crippen molar-refractivity contribution >= 4 is 57.4 Å². The maximum atomic E-state index is 2.43. The molecule has 0 radical (unpaired) electrons. The summed E-state index contributed by atoms with van der Waals surface area (Å²) in [5.74, 6) is 0. The van der Waals surface area contributed by atoms with E-state index >= 15 is 0 Å². The molecule has 2 heterocycles. The highest BCUT2D eigenvalue weighted by Crippen LogP contribution is 2.55. The van der Waals surface area contributed by atoms with Crippen LogP contribution in [-0.4, -0.2) is 6.71 Å². The first-order chi connectivity index (χ1) is 16.6. The molecule has 5 aromatic carbocycles. The van der Waals surface area contributed by atoms with E-state index < -0.39 is 0 Å². The molecule has 0 aromatic heterocycles. The Morgan fingerprint density at radius 1 is 0.588 bits per heavy atom.